The van der Waals surface area contributed by atoms with Gasteiger partial charge in [0.1, 0.15) is 11.5 Å². The smallest absolute Gasteiger partial charge is 0.330 e. The minimum absolute atomic E-state index is 0.269. The van der Waals surface area contributed by atoms with Gasteiger partial charge in [-0.05, 0) is 61.2 Å². The van der Waals surface area contributed by atoms with E-state index in [4.69, 9.17) is 4.74 Å². The van der Waals surface area contributed by atoms with E-state index in [-0.39, 0.29) is 11.2 Å². The van der Waals surface area contributed by atoms with Crippen LogP contribution >= 0.6 is 0 Å². The number of ether oxygens (including phenoxy) is 1. The molecule has 0 amide bonds. The number of rotatable bonds is 6. The van der Waals surface area contributed by atoms with Crippen molar-refractivity contribution in [2.75, 3.05) is 0 Å². The highest BCUT2D eigenvalue weighted by Crippen LogP contribution is 2.27. The normalized spacial score (nSPS) is 10.9. The van der Waals surface area contributed by atoms with Gasteiger partial charge in [0.15, 0.2) is 0 Å². The van der Waals surface area contributed by atoms with Gasteiger partial charge >= 0.3 is 5.69 Å². The third-order valence-corrected chi connectivity index (χ3v) is 4.82. The zero-order valence-corrected chi connectivity index (χ0v) is 17.6. The van der Waals surface area contributed by atoms with Crippen molar-refractivity contribution in [1.82, 2.24) is 14.5 Å². The fraction of sp³-hybridized carbons (Fsp3) is 0.304. The van der Waals surface area contributed by atoms with Crippen LogP contribution < -0.4 is 21.3 Å². The lowest BCUT2D eigenvalue weighted by Gasteiger charge is -2.12. The first-order valence-electron chi connectivity index (χ1n) is 9.56. The number of aromatic nitrogens is 2. The fourth-order valence-corrected chi connectivity index (χ4v) is 3.40. The molecule has 0 saturated carbocycles. The Hall–Kier alpha value is -3.12. The van der Waals surface area contributed by atoms with Crippen molar-refractivity contribution in [2.45, 2.75) is 33.9 Å². The van der Waals surface area contributed by atoms with Gasteiger partial charge in [0.05, 0.1) is 0 Å². The molecule has 3 aromatic rings. The Morgan fingerprint density at radius 3 is 2.28 bits per heavy atom. The Labute approximate surface area is 170 Å². The summed E-state index contributed by atoms with van der Waals surface area (Å²) in [6.45, 7) is 7.13. The third kappa shape index (κ3) is 4.84. The van der Waals surface area contributed by atoms with E-state index in [1.165, 1.54) is 22.7 Å². The molecule has 1 aromatic heterocycles. The summed E-state index contributed by atoms with van der Waals surface area (Å²) >= 11 is 0. The van der Waals surface area contributed by atoms with E-state index in [1.807, 2.05) is 31.2 Å². The number of nitrogens with zero attached hydrogens (tertiary/aromatic N) is 2. The maximum absolute atomic E-state index is 12.2. The Morgan fingerprint density at radius 1 is 0.931 bits per heavy atom. The predicted molar refractivity (Wildman–Crippen MR) is 115 cm³/mol. The maximum atomic E-state index is 12.2. The lowest BCUT2D eigenvalue weighted by atomic mass is 10.1. The molecule has 2 aromatic carbocycles. The molecule has 0 unspecified atom stereocenters. The molecule has 1 N–H and O–H groups in total. The van der Waals surface area contributed by atoms with Crippen LogP contribution in [0.25, 0.3) is 0 Å². The SMILES string of the molecule is Cc1cc(C)cc(Oc2ccc(CNCc3cn(C)c(=O)n(C)c3=O)cc2C)c1. The van der Waals surface area contributed by atoms with Crippen LogP contribution in [-0.4, -0.2) is 9.13 Å². The van der Waals surface area contributed by atoms with Crippen molar-refractivity contribution in [3.63, 3.8) is 0 Å². The number of aryl methyl sites for hydroxylation is 4. The van der Waals surface area contributed by atoms with E-state index in [9.17, 15) is 9.59 Å². The predicted octanol–water partition coefficient (Wildman–Crippen LogP) is 3.09. The molecule has 0 spiro atoms. The fourth-order valence-electron chi connectivity index (χ4n) is 3.40. The summed E-state index contributed by atoms with van der Waals surface area (Å²) in [7, 11) is 3.13. The average molecular weight is 393 g/mol. The zero-order chi connectivity index (χ0) is 21.1. The van der Waals surface area contributed by atoms with Gasteiger partial charge in [0.25, 0.3) is 5.56 Å². The molecular formula is C23H27N3O3. The van der Waals surface area contributed by atoms with Gasteiger partial charge in [0, 0.05) is 38.9 Å². The van der Waals surface area contributed by atoms with Crippen LogP contribution in [0.4, 0.5) is 0 Å². The van der Waals surface area contributed by atoms with Gasteiger partial charge in [-0.15, -0.1) is 0 Å². The van der Waals surface area contributed by atoms with E-state index < -0.39 is 0 Å². The van der Waals surface area contributed by atoms with Crippen LogP contribution in [0, 0.1) is 20.8 Å². The first kappa shape index (κ1) is 20.6. The van der Waals surface area contributed by atoms with Crippen molar-refractivity contribution in [1.29, 1.82) is 0 Å². The molecule has 6 nitrogen and oxygen atoms in total. The Kier molecular flexibility index (Phi) is 6.03. The molecule has 0 fully saturated rings. The largest absolute Gasteiger partial charge is 0.457 e. The summed E-state index contributed by atoms with van der Waals surface area (Å²) in [5.74, 6) is 1.66. The summed E-state index contributed by atoms with van der Waals surface area (Å²) < 4.78 is 8.60. The number of benzene rings is 2. The van der Waals surface area contributed by atoms with Gasteiger partial charge < -0.3 is 14.6 Å². The number of nitrogens with one attached hydrogen (secondary N) is 1. The third-order valence-electron chi connectivity index (χ3n) is 4.82. The molecule has 0 aliphatic rings. The molecule has 0 saturated heterocycles. The molecule has 0 radical (unpaired) electrons. The monoisotopic (exact) mass is 393 g/mol. The van der Waals surface area contributed by atoms with E-state index in [1.54, 1.807) is 13.2 Å². The molecular weight excluding hydrogens is 366 g/mol. The molecule has 1 heterocycles. The Bertz CT molecular complexity index is 1140. The van der Waals surface area contributed by atoms with Crippen molar-refractivity contribution in [3.8, 4) is 11.5 Å². The summed E-state index contributed by atoms with van der Waals surface area (Å²) in [4.78, 5) is 24.0. The molecule has 0 atom stereocenters. The Morgan fingerprint density at radius 2 is 1.62 bits per heavy atom. The quantitative estimate of drug-likeness (QED) is 0.699. The highest BCUT2D eigenvalue weighted by Gasteiger charge is 2.08. The average Bonchev–Trinajstić information content (AvgIpc) is 2.65. The zero-order valence-electron chi connectivity index (χ0n) is 17.6. The van der Waals surface area contributed by atoms with Crippen LogP contribution in [0.3, 0.4) is 0 Å². The maximum Gasteiger partial charge on any atom is 0.330 e. The Balaban J connectivity index is 1.67. The number of hydrogen-bond donors (Lipinski definition) is 1. The van der Waals surface area contributed by atoms with E-state index >= 15 is 0 Å². The van der Waals surface area contributed by atoms with Crippen molar-refractivity contribution in [3.05, 3.63) is 91.3 Å². The molecule has 6 heteroatoms. The van der Waals surface area contributed by atoms with E-state index in [2.05, 4.69) is 31.3 Å². The van der Waals surface area contributed by atoms with E-state index in [0.717, 1.165) is 27.2 Å². The molecule has 0 bridgehead atoms. The van der Waals surface area contributed by atoms with Crippen LogP contribution in [0.15, 0.2) is 52.2 Å². The van der Waals surface area contributed by atoms with Crippen LogP contribution in [0.1, 0.15) is 27.8 Å². The molecule has 3 rings (SSSR count). The summed E-state index contributed by atoms with van der Waals surface area (Å²) in [6.07, 6.45) is 1.59. The second kappa shape index (κ2) is 8.49. The van der Waals surface area contributed by atoms with E-state index in [0.29, 0.717) is 18.7 Å². The lowest BCUT2D eigenvalue weighted by Crippen LogP contribution is -2.39. The number of hydrogen-bond acceptors (Lipinski definition) is 4. The first-order valence-corrected chi connectivity index (χ1v) is 9.56. The van der Waals surface area contributed by atoms with Gasteiger partial charge in [-0.3, -0.25) is 9.36 Å². The summed E-state index contributed by atoms with van der Waals surface area (Å²) in [5, 5.41) is 3.27. The minimum atomic E-state index is -0.325. The van der Waals surface area contributed by atoms with Gasteiger partial charge in [-0.25, -0.2) is 4.79 Å². The highest BCUT2D eigenvalue weighted by atomic mass is 16.5. The van der Waals surface area contributed by atoms with Gasteiger partial charge in [-0.2, -0.15) is 0 Å². The second-order valence-corrected chi connectivity index (χ2v) is 7.54. The van der Waals surface area contributed by atoms with Gasteiger partial charge in [0.2, 0.25) is 0 Å². The molecule has 0 aliphatic heterocycles. The highest BCUT2D eigenvalue weighted by molar-refractivity contribution is 5.41. The van der Waals surface area contributed by atoms with Crippen molar-refractivity contribution in [2.24, 2.45) is 14.1 Å². The molecule has 29 heavy (non-hydrogen) atoms. The van der Waals surface area contributed by atoms with Crippen LogP contribution in [0.2, 0.25) is 0 Å². The van der Waals surface area contributed by atoms with Crippen LogP contribution in [-0.2, 0) is 27.2 Å². The first-order chi connectivity index (χ1) is 13.7. The summed E-state index contributed by atoms with van der Waals surface area (Å²) in [5.41, 5.74) is 4.44. The second-order valence-electron chi connectivity index (χ2n) is 7.54. The van der Waals surface area contributed by atoms with Gasteiger partial charge in [-0.1, -0.05) is 18.2 Å². The van der Waals surface area contributed by atoms with Crippen molar-refractivity contribution < 1.29 is 4.74 Å². The molecule has 0 aliphatic carbocycles. The van der Waals surface area contributed by atoms with Crippen molar-refractivity contribution >= 4 is 0 Å². The topological polar surface area (TPSA) is 65.3 Å². The summed E-state index contributed by atoms with van der Waals surface area (Å²) in [6, 6.07) is 12.2. The molecule has 152 valence electrons. The van der Waals surface area contributed by atoms with Crippen LogP contribution in [0.5, 0.6) is 11.5 Å². The lowest BCUT2D eigenvalue weighted by molar-refractivity contribution is 0.477. The minimum Gasteiger partial charge on any atom is -0.457 e. The standard InChI is InChI=1S/C23H27N3O3/c1-15-8-16(2)10-20(9-15)29-21-7-6-18(11-17(21)3)12-24-13-19-14-25(4)23(28)26(5)22(19)27/h6-11,14,24H,12-13H2,1-5H3.